The summed E-state index contributed by atoms with van der Waals surface area (Å²) in [6.45, 7) is 10.1. The van der Waals surface area contributed by atoms with Gasteiger partial charge in [-0.2, -0.15) is 0 Å². The van der Waals surface area contributed by atoms with Crippen LogP contribution in [0.4, 0.5) is 5.13 Å². The Morgan fingerprint density at radius 2 is 1.90 bits per heavy atom. The van der Waals surface area contributed by atoms with Crippen molar-refractivity contribution >= 4 is 22.4 Å². The second-order valence-corrected chi connectivity index (χ2v) is 8.75. The topological polar surface area (TPSA) is 80.5 Å². The van der Waals surface area contributed by atoms with Crippen molar-refractivity contribution in [2.45, 2.75) is 46.4 Å². The highest BCUT2D eigenvalue weighted by Crippen LogP contribution is 2.36. The number of morpholine rings is 1. The fraction of sp³-hybridized carbons (Fsp3) is 0.409. The summed E-state index contributed by atoms with van der Waals surface area (Å²) in [5, 5.41) is 3.91. The maximum absolute atomic E-state index is 12.4. The quantitative estimate of drug-likeness (QED) is 0.665. The highest BCUT2D eigenvalue weighted by Gasteiger charge is 2.26. The Kier molecular flexibility index (Phi) is 5.87. The van der Waals surface area contributed by atoms with E-state index in [1.165, 1.54) is 12.5 Å². The highest BCUT2D eigenvalue weighted by atomic mass is 32.1. The van der Waals surface area contributed by atoms with E-state index in [0.717, 1.165) is 45.7 Å². The second-order valence-electron chi connectivity index (χ2n) is 7.77. The maximum atomic E-state index is 12.4. The third-order valence-corrected chi connectivity index (χ3v) is 6.13. The molecule has 1 N–H and O–H groups in total. The van der Waals surface area contributed by atoms with Gasteiger partial charge in [0.05, 0.1) is 41.2 Å². The van der Waals surface area contributed by atoms with Gasteiger partial charge in [0.2, 0.25) is 0 Å². The number of nitrogens with one attached hydrogen (secondary N) is 1. The molecule has 0 aliphatic carbocycles. The van der Waals surface area contributed by atoms with Crippen LogP contribution in [-0.2, 0) is 11.3 Å². The van der Waals surface area contributed by atoms with E-state index in [1.807, 2.05) is 13.8 Å². The van der Waals surface area contributed by atoms with Gasteiger partial charge in [-0.3, -0.25) is 9.78 Å². The zero-order chi connectivity index (χ0) is 21.3. The first-order valence-electron chi connectivity index (χ1n) is 10.0. The van der Waals surface area contributed by atoms with Crippen LogP contribution in [0.2, 0.25) is 0 Å². The molecule has 1 fully saturated rings. The molecule has 3 aromatic rings. The van der Waals surface area contributed by atoms with Gasteiger partial charge in [-0.25, -0.2) is 4.98 Å². The van der Waals surface area contributed by atoms with E-state index in [-0.39, 0.29) is 18.1 Å². The molecule has 30 heavy (non-hydrogen) atoms. The fourth-order valence-corrected chi connectivity index (χ4v) is 4.87. The first kappa shape index (κ1) is 20.6. The van der Waals surface area contributed by atoms with Gasteiger partial charge in [0, 0.05) is 24.5 Å². The first-order chi connectivity index (χ1) is 14.4. The predicted octanol–water partition coefficient (Wildman–Crippen LogP) is 3.96. The van der Waals surface area contributed by atoms with Crippen LogP contribution in [0.1, 0.15) is 41.3 Å². The van der Waals surface area contributed by atoms with Crippen molar-refractivity contribution in [3.63, 3.8) is 0 Å². The van der Waals surface area contributed by atoms with Gasteiger partial charge < -0.3 is 19.4 Å². The molecule has 0 unspecified atom stereocenters. The third-order valence-electron chi connectivity index (χ3n) is 4.92. The van der Waals surface area contributed by atoms with Gasteiger partial charge in [0.15, 0.2) is 5.13 Å². The van der Waals surface area contributed by atoms with Gasteiger partial charge in [0.25, 0.3) is 5.91 Å². The van der Waals surface area contributed by atoms with E-state index < -0.39 is 0 Å². The molecule has 1 saturated heterocycles. The summed E-state index contributed by atoms with van der Waals surface area (Å²) < 4.78 is 10.9. The molecule has 4 rings (SSSR count). The average molecular weight is 427 g/mol. The molecule has 0 bridgehead atoms. The normalized spacial score (nSPS) is 19.1. The summed E-state index contributed by atoms with van der Waals surface area (Å²) in [5.41, 5.74) is 4.34. The number of furan rings is 1. The number of aryl methyl sites for hydroxylation is 2. The Bertz CT molecular complexity index is 1000. The number of nitrogens with zero attached hydrogens (tertiary/aromatic N) is 3. The second kappa shape index (κ2) is 8.57. The lowest BCUT2D eigenvalue weighted by Gasteiger charge is -2.35. The van der Waals surface area contributed by atoms with Crippen LogP contribution < -0.4 is 10.2 Å². The number of pyridine rings is 1. The molecule has 1 aliphatic rings. The molecule has 1 aliphatic heterocycles. The summed E-state index contributed by atoms with van der Waals surface area (Å²) in [5.74, 6) is -0.181. The minimum atomic E-state index is -0.181. The van der Waals surface area contributed by atoms with E-state index in [4.69, 9.17) is 14.1 Å². The molecule has 4 heterocycles. The van der Waals surface area contributed by atoms with Crippen molar-refractivity contribution in [1.82, 2.24) is 15.3 Å². The minimum Gasteiger partial charge on any atom is -0.472 e. The molecule has 0 saturated carbocycles. The summed E-state index contributed by atoms with van der Waals surface area (Å²) in [4.78, 5) is 25.1. The molecule has 2 atom stereocenters. The Hall–Kier alpha value is -2.71. The Morgan fingerprint density at radius 3 is 2.53 bits per heavy atom. The number of carbonyl (C=O) groups excluding carboxylic acids is 1. The molecule has 0 aromatic carbocycles. The van der Waals surface area contributed by atoms with E-state index >= 15 is 0 Å². The molecule has 1 amide bonds. The monoisotopic (exact) mass is 426 g/mol. The number of carbonyl (C=O) groups is 1. The lowest BCUT2D eigenvalue weighted by molar-refractivity contribution is -0.00523. The standard InChI is InChI=1S/C22H26N4O3S/c1-13-7-18(8-14(2)24-13)20-19(9-23-21(27)17-5-6-28-12-17)25-22(30-20)26-10-15(3)29-16(4)11-26/h5-8,12,15-16H,9-11H2,1-4H3,(H,23,27)/t15-,16+. The summed E-state index contributed by atoms with van der Waals surface area (Å²) in [7, 11) is 0. The smallest absolute Gasteiger partial charge is 0.254 e. The summed E-state index contributed by atoms with van der Waals surface area (Å²) in [6, 6.07) is 5.78. The van der Waals surface area contributed by atoms with Crippen molar-refractivity contribution in [2.24, 2.45) is 0 Å². The predicted molar refractivity (Wildman–Crippen MR) is 117 cm³/mol. The Labute approximate surface area is 180 Å². The lowest BCUT2D eigenvalue weighted by Crippen LogP contribution is -2.45. The molecule has 8 heteroatoms. The van der Waals surface area contributed by atoms with Crippen molar-refractivity contribution in [1.29, 1.82) is 0 Å². The first-order valence-corrected chi connectivity index (χ1v) is 10.9. The van der Waals surface area contributed by atoms with Crippen LogP contribution >= 0.6 is 11.3 Å². The van der Waals surface area contributed by atoms with Gasteiger partial charge >= 0.3 is 0 Å². The van der Waals surface area contributed by atoms with E-state index in [0.29, 0.717) is 12.1 Å². The Balaban J connectivity index is 1.65. The molecule has 158 valence electrons. The van der Waals surface area contributed by atoms with E-state index in [9.17, 15) is 4.79 Å². The Morgan fingerprint density at radius 1 is 1.20 bits per heavy atom. The van der Waals surface area contributed by atoms with Crippen LogP contribution in [0, 0.1) is 13.8 Å². The van der Waals surface area contributed by atoms with Gasteiger partial charge in [-0.15, -0.1) is 0 Å². The molecule has 3 aromatic heterocycles. The molecular formula is C22H26N4O3S. The number of thiazole rings is 1. The van der Waals surface area contributed by atoms with Gasteiger partial charge in [0.1, 0.15) is 6.26 Å². The van der Waals surface area contributed by atoms with Crippen LogP contribution in [0.25, 0.3) is 10.4 Å². The van der Waals surface area contributed by atoms with E-state index in [1.54, 1.807) is 17.4 Å². The van der Waals surface area contributed by atoms with Crippen LogP contribution in [-0.4, -0.2) is 41.2 Å². The van der Waals surface area contributed by atoms with Crippen LogP contribution in [0.3, 0.4) is 0 Å². The molecular weight excluding hydrogens is 400 g/mol. The van der Waals surface area contributed by atoms with E-state index in [2.05, 4.69) is 41.2 Å². The number of hydrogen-bond donors (Lipinski definition) is 1. The minimum absolute atomic E-state index is 0.149. The molecule has 7 nitrogen and oxygen atoms in total. The zero-order valence-electron chi connectivity index (χ0n) is 17.6. The number of ether oxygens (including phenoxy) is 1. The average Bonchev–Trinajstić information content (AvgIpc) is 3.35. The number of hydrogen-bond acceptors (Lipinski definition) is 7. The van der Waals surface area contributed by atoms with Crippen molar-refractivity contribution < 1.29 is 13.9 Å². The highest BCUT2D eigenvalue weighted by molar-refractivity contribution is 7.19. The fourth-order valence-electron chi connectivity index (χ4n) is 3.78. The molecule has 0 radical (unpaired) electrons. The number of rotatable bonds is 5. The number of anilines is 1. The SMILES string of the molecule is Cc1cc(-c2sc(N3C[C@@H](C)O[C@@H](C)C3)nc2CNC(=O)c2ccoc2)cc(C)n1. The zero-order valence-corrected chi connectivity index (χ0v) is 18.5. The number of aromatic nitrogens is 2. The lowest BCUT2D eigenvalue weighted by atomic mass is 10.1. The van der Waals surface area contributed by atoms with Crippen LogP contribution in [0.5, 0.6) is 0 Å². The van der Waals surface area contributed by atoms with Crippen LogP contribution in [0.15, 0.2) is 35.1 Å². The van der Waals surface area contributed by atoms with Gasteiger partial charge in [-0.1, -0.05) is 11.3 Å². The van der Waals surface area contributed by atoms with Crippen molar-refractivity contribution in [3.8, 4) is 10.4 Å². The number of amides is 1. The van der Waals surface area contributed by atoms with Crippen molar-refractivity contribution in [3.05, 3.63) is 53.4 Å². The third kappa shape index (κ3) is 4.55. The summed E-state index contributed by atoms with van der Waals surface area (Å²) >= 11 is 1.65. The molecule has 0 spiro atoms. The van der Waals surface area contributed by atoms with Gasteiger partial charge in [-0.05, 0) is 51.5 Å². The maximum Gasteiger partial charge on any atom is 0.254 e. The summed E-state index contributed by atoms with van der Waals surface area (Å²) in [6.07, 6.45) is 3.23. The van der Waals surface area contributed by atoms with Crippen molar-refractivity contribution in [2.75, 3.05) is 18.0 Å². The largest absolute Gasteiger partial charge is 0.472 e.